The van der Waals surface area contributed by atoms with Crippen LogP contribution in [0.15, 0.2) is 42.5 Å². The molecule has 0 saturated heterocycles. The second kappa shape index (κ2) is 5.50. The van der Waals surface area contributed by atoms with Gasteiger partial charge in [-0.3, -0.25) is 4.79 Å². The Morgan fingerprint density at radius 1 is 1.18 bits per heavy atom. The molecule has 0 spiro atoms. The maximum absolute atomic E-state index is 10.7. The number of amides is 1. The Kier molecular flexibility index (Phi) is 3.77. The topological polar surface area (TPSA) is 52.3 Å². The van der Waals surface area contributed by atoms with Crippen LogP contribution >= 0.6 is 11.3 Å². The molecule has 0 unspecified atom stereocenters. The van der Waals surface area contributed by atoms with Gasteiger partial charge in [-0.15, -0.1) is 11.3 Å². The zero-order chi connectivity index (χ0) is 12.1. The Morgan fingerprint density at radius 2 is 1.94 bits per heavy atom. The van der Waals surface area contributed by atoms with Crippen molar-refractivity contribution in [2.24, 2.45) is 5.73 Å². The van der Waals surface area contributed by atoms with Crippen molar-refractivity contribution in [3.63, 3.8) is 0 Å². The summed E-state index contributed by atoms with van der Waals surface area (Å²) in [7, 11) is 0. The van der Waals surface area contributed by atoms with E-state index in [0.717, 1.165) is 15.5 Å². The maximum Gasteiger partial charge on any atom is 0.222 e. The van der Waals surface area contributed by atoms with Gasteiger partial charge in [-0.05, 0) is 17.7 Å². The van der Waals surface area contributed by atoms with Crippen molar-refractivity contribution in [1.29, 1.82) is 0 Å². The number of thiophene rings is 1. The standard InChI is InChI=1S/C13H13NO2S/c14-12(15)8-11-6-7-13(17-11)16-9-10-4-2-1-3-5-10/h1-7H,8-9H2,(H2,14,15). The van der Waals surface area contributed by atoms with Crippen LogP contribution in [0.3, 0.4) is 0 Å². The van der Waals surface area contributed by atoms with Crippen molar-refractivity contribution in [1.82, 2.24) is 0 Å². The largest absolute Gasteiger partial charge is 0.479 e. The zero-order valence-corrected chi connectivity index (χ0v) is 10.1. The van der Waals surface area contributed by atoms with Crippen LogP contribution in [0.4, 0.5) is 0 Å². The van der Waals surface area contributed by atoms with E-state index in [-0.39, 0.29) is 12.3 Å². The summed E-state index contributed by atoms with van der Waals surface area (Å²) in [5.74, 6) is -0.318. The Hall–Kier alpha value is -1.81. The fraction of sp³-hybridized carbons (Fsp3) is 0.154. The van der Waals surface area contributed by atoms with Gasteiger partial charge in [-0.1, -0.05) is 30.3 Å². The molecule has 3 nitrogen and oxygen atoms in total. The number of rotatable bonds is 5. The lowest BCUT2D eigenvalue weighted by Crippen LogP contribution is -2.12. The van der Waals surface area contributed by atoms with Gasteiger partial charge in [0.25, 0.3) is 0 Å². The van der Waals surface area contributed by atoms with Crippen LogP contribution in [0, 0.1) is 0 Å². The van der Waals surface area contributed by atoms with Crippen molar-refractivity contribution in [2.45, 2.75) is 13.0 Å². The van der Waals surface area contributed by atoms with E-state index in [0.29, 0.717) is 6.61 Å². The lowest BCUT2D eigenvalue weighted by atomic mass is 10.2. The quantitative estimate of drug-likeness (QED) is 0.881. The first kappa shape index (κ1) is 11.7. The van der Waals surface area contributed by atoms with E-state index in [1.54, 1.807) is 0 Å². The summed E-state index contributed by atoms with van der Waals surface area (Å²) in [6.45, 7) is 0.539. The van der Waals surface area contributed by atoms with Gasteiger partial charge < -0.3 is 10.5 Å². The molecule has 2 rings (SSSR count). The molecular formula is C13H13NO2S. The highest BCUT2D eigenvalue weighted by molar-refractivity contribution is 7.13. The maximum atomic E-state index is 10.7. The smallest absolute Gasteiger partial charge is 0.222 e. The van der Waals surface area contributed by atoms with E-state index in [1.165, 1.54) is 11.3 Å². The van der Waals surface area contributed by atoms with Crippen molar-refractivity contribution in [3.8, 4) is 5.06 Å². The number of hydrogen-bond donors (Lipinski definition) is 1. The molecule has 17 heavy (non-hydrogen) atoms. The summed E-state index contributed by atoms with van der Waals surface area (Å²) >= 11 is 1.46. The first-order valence-corrected chi connectivity index (χ1v) is 6.09. The average Bonchev–Trinajstić information content (AvgIpc) is 2.75. The molecule has 1 amide bonds. The number of hydrogen-bond acceptors (Lipinski definition) is 3. The van der Waals surface area contributed by atoms with Crippen LogP contribution in [0.2, 0.25) is 0 Å². The van der Waals surface area contributed by atoms with Gasteiger partial charge in [0.05, 0.1) is 6.42 Å². The minimum Gasteiger partial charge on any atom is -0.479 e. The van der Waals surface area contributed by atoms with Crippen molar-refractivity contribution >= 4 is 17.2 Å². The predicted octanol–water partition coefficient (Wildman–Crippen LogP) is 2.35. The van der Waals surface area contributed by atoms with Crippen LogP contribution in [-0.2, 0) is 17.8 Å². The Morgan fingerprint density at radius 3 is 2.65 bits per heavy atom. The van der Waals surface area contributed by atoms with Gasteiger partial charge in [-0.25, -0.2) is 0 Å². The first-order valence-electron chi connectivity index (χ1n) is 5.28. The van der Waals surface area contributed by atoms with E-state index in [4.69, 9.17) is 10.5 Å². The summed E-state index contributed by atoms with van der Waals surface area (Å²) in [6, 6.07) is 13.7. The van der Waals surface area contributed by atoms with Crippen LogP contribution < -0.4 is 10.5 Å². The highest BCUT2D eigenvalue weighted by atomic mass is 32.1. The van der Waals surface area contributed by atoms with E-state index < -0.39 is 0 Å². The molecule has 0 fully saturated rings. The van der Waals surface area contributed by atoms with E-state index in [1.807, 2.05) is 42.5 Å². The van der Waals surface area contributed by atoms with E-state index in [2.05, 4.69) is 0 Å². The van der Waals surface area contributed by atoms with Crippen LogP contribution in [0.1, 0.15) is 10.4 Å². The van der Waals surface area contributed by atoms with Crippen LogP contribution in [0.5, 0.6) is 5.06 Å². The third-order valence-electron chi connectivity index (χ3n) is 2.21. The number of nitrogens with two attached hydrogens (primary N) is 1. The number of ether oxygens (including phenoxy) is 1. The van der Waals surface area contributed by atoms with Crippen molar-refractivity contribution < 1.29 is 9.53 Å². The van der Waals surface area contributed by atoms with Crippen LogP contribution in [-0.4, -0.2) is 5.91 Å². The monoisotopic (exact) mass is 247 g/mol. The molecule has 0 bridgehead atoms. The Labute approximate surface area is 104 Å². The summed E-state index contributed by atoms with van der Waals surface area (Å²) < 4.78 is 5.62. The molecule has 1 aromatic carbocycles. The predicted molar refractivity (Wildman–Crippen MR) is 68.0 cm³/mol. The lowest BCUT2D eigenvalue weighted by molar-refractivity contribution is -0.117. The third kappa shape index (κ3) is 3.60. The minimum atomic E-state index is -0.318. The molecule has 0 aliphatic heterocycles. The lowest BCUT2D eigenvalue weighted by Gasteiger charge is -2.02. The van der Waals surface area contributed by atoms with Crippen molar-refractivity contribution in [2.75, 3.05) is 0 Å². The van der Waals surface area contributed by atoms with Crippen molar-refractivity contribution in [3.05, 3.63) is 52.9 Å². The molecule has 1 aromatic heterocycles. The molecule has 0 aliphatic rings. The molecule has 0 saturated carbocycles. The highest BCUT2D eigenvalue weighted by Gasteiger charge is 2.04. The molecule has 1 heterocycles. The van der Waals surface area contributed by atoms with Gasteiger partial charge in [0.2, 0.25) is 5.91 Å². The summed E-state index contributed by atoms with van der Waals surface area (Å²) in [4.78, 5) is 11.7. The molecular weight excluding hydrogens is 234 g/mol. The summed E-state index contributed by atoms with van der Waals surface area (Å²) in [6.07, 6.45) is 0.277. The zero-order valence-electron chi connectivity index (χ0n) is 9.26. The first-order chi connectivity index (χ1) is 8.24. The van der Waals surface area contributed by atoms with Gasteiger partial charge in [0, 0.05) is 4.88 Å². The number of carbonyl (C=O) groups is 1. The van der Waals surface area contributed by atoms with E-state index >= 15 is 0 Å². The van der Waals surface area contributed by atoms with Gasteiger partial charge in [-0.2, -0.15) is 0 Å². The fourth-order valence-corrected chi connectivity index (χ4v) is 2.29. The summed E-state index contributed by atoms with van der Waals surface area (Å²) in [5.41, 5.74) is 6.25. The third-order valence-corrected chi connectivity index (χ3v) is 3.21. The minimum absolute atomic E-state index is 0.277. The molecule has 2 aromatic rings. The highest BCUT2D eigenvalue weighted by Crippen LogP contribution is 2.25. The Bertz CT molecular complexity index is 493. The average molecular weight is 247 g/mol. The molecule has 0 radical (unpaired) electrons. The molecule has 2 N–H and O–H groups in total. The number of benzene rings is 1. The summed E-state index contributed by atoms with van der Waals surface area (Å²) in [5, 5.41) is 0.810. The normalized spacial score (nSPS) is 10.1. The van der Waals surface area contributed by atoms with Crippen LogP contribution in [0.25, 0.3) is 0 Å². The molecule has 0 atom stereocenters. The molecule has 4 heteroatoms. The number of carbonyl (C=O) groups excluding carboxylic acids is 1. The Balaban J connectivity index is 1.91. The molecule has 0 aliphatic carbocycles. The van der Waals surface area contributed by atoms with E-state index in [9.17, 15) is 4.79 Å². The second-order valence-corrected chi connectivity index (χ2v) is 4.77. The van der Waals surface area contributed by atoms with Gasteiger partial charge >= 0.3 is 0 Å². The van der Waals surface area contributed by atoms with Gasteiger partial charge in [0.15, 0.2) is 5.06 Å². The van der Waals surface area contributed by atoms with Gasteiger partial charge in [0.1, 0.15) is 6.61 Å². The fourth-order valence-electron chi connectivity index (χ4n) is 1.43. The molecule has 88 valence electrons. The SMILES string of the molecule is NC(=O)Cc1ccc(OCc2ccccc2)s1. The number of primary amides is 1. The second-order valence-electron chi connectivity index (χ2n) is 3.64.